The first-order valence-corrected chi connectivity index (χ1v) is 9.83. The van der Waals surface area contributed by atoms with Crippen molar-refractivity contribution in [2.24, 2.45) is 5.92 Å². The van der Waals surface area contributed by atoms with E-state index in [0.29, 0.717) is 19.0 Å². The molecular formula is C18H24N4O2S. The van der Waals surface area contributed by atoms with Crippen molar-refractivity contribution < 1.29 is 9.90 Å². The largest absolute Gasteiger partial charge is 0.384 e. The number of aliphatic hydroxyl groups excluding tert-OH is 1. The number of aromatic nitrogens is 3. The monoisotopic (exact) mass is 360 g/mol. The highest BCUT2D eigenvalue weighted by Gasteiger charge is 2.26. The number of piperidine rings is 1. The van der Waals surface area contributed by atoms with Gasteiger partial charge in [0.15, 0.2) is 5.16 Å². The second-order valence-corrected chi connectivity index (χ2v) is 7.20. The molecule has 0 spiro atoms. The van der Waals surface area contributed by atoms with Crippen molar-refractivity contribution in [2.75, 3.05) is 19.3 Å². The van der Waals surface area contributed by atoms with Crippen LogP contribution in [-0.4, -0.2) is 56.1 Å². The number of carbonyl (C=O) groups excluding carboxylic acids is 1. The molecule has 1 amide bonds. The summed E-state index contributed by atoms with van der Waals surface area (Å²) in [7, 11) is 0. The van der Waals surface area contributed by atoms with Crippen molar-refractivity contribution in [2.45, 2.75) is 37.4 Å². The van der Waals surface area contributed by atoms with Gasteiger partial charge in [-0.15, -0.1) is 10.2 Å². The lowest BCUT2D eigenvalue weighted by atomic mass is 9.93. The van der Waals surface area contributed by atoms with Crippen molar-refractivity contribution in [1.29, 1.82) is 0 Å². The Bertz CT molecular complexity index is 709. The van der Waals surface area contributed by atoms with E-state index in [1.54, 1.807) is 16.7 Å². The number of para-hydroxylation sites is 1. The lowest BCUT2D eigenvalue weighted by molar-refractivity contribution is -0.140. The summed E-state index contributed by atoms with van der Waals surface area (Å²) in [6.07, 6.45) is 3.79. The number of hydrogen-bond donors (Lipinski definition) is 1. The van der Waals surface area contributed by atoms with Crippen LogP contribution in [0.2, 0.25) is 0 Å². The van der Waals surface area contributed by atoms with Gasteiger partial charge in [0.25, 0.3) is 5.91 Å². The zero-order chi connectivity index (χ0) is 17.8. The fourth-order valence-electron chi connectivity index (χ4n) is 3.28. The fourth-order valence-corrected chi connectivity index (χ4v) is 3.80. The number of hydrogen-bond acceptors (Lipinski definition) is 5. The topological polar surface area (TPSA) is 71.2 Å². The van der Waals surface area contributed by atoms with E-state index in [1.165, 1.54) is 6.92 Å². The smallest absolute Gasteiger partial charge is 0.251 e. The Labute approximate surface area is 152 Å². The molecule has 1 saturated heterocycles. The van der Waals surface area contributed by atoms with Crippen LogP contribution in [0.3, 0.4) is 0 Å². The lowest BCUT2D eigenvalue weighted by Crippen LogP contribution is -2.43. The number of carbonyl (C=O) groups is 1. The second kappa shape index (κ2) is 8.01. The van der Waals surface area contributed by atoms with Crippen molar-refractivity contribution in [1.82, 2.24) is 19.7 Å². The summed E-state index contributed by atoms with van der Waals surface area (Å²) in [4.78, 5) is 13.7. The van der Waals surface area contributed by atoms with Crippen molar-refractivity contribution >= 4 is 17.7 Å². The molecule has 1 aromatic heterocycles. The highest BCUT2D eigenvalue weighted by atomic mass is 32.2. The third-order valence-electron chi connectivity index (χ3n) is 4.65. The lowest BCUT2D eigenvalue weighted by Gasteiger charge is -2.32. The van der Waals surface area contributed by atoms with Crippen molar-refractivity contribution in [3.8, 4) is 5.69 Å². The van der Waals surface area contributed by atoms with Gasteiger partial charge in [-0.3, -0.25) is 9.36 Å². The average molecular weight is 360 g/mol. The van der Waals surface area contributed by atoms with E-state index >= 15 is 0 Å². The molecule has 0 aliphatic carbocycles. The Hall–Kier alpha value is -1.86. The molecule has 25 heavy (non-hydrogen) atoms. The summed E-state index contributed by atoms with van der Waals surface area (Å²) in [5, 5.41) is 19.1. The Morgan fingerprint density at radius 2 is 1.96 bits per heavy atom. The fraction of sp³-hybridized carbons (Fsp3) is 0.500. The van der Waals surface area contributed by atoms with Gasteiger partial charge in [0, 0.05) is 25.2 Å². The Morgan fingerprint density at radius 3 is 2.56 bits per heavy atom. The van der Waals surface area contributed by atoms with Crippen LogP contribution in [0.5, 0.6) is 0 Å². The van der Waals surface area contributed by atoms with Crippen molar-refractivity contribution in [3.63, 3.8) is 0 Å². The van der Waals surface area contributed by atoms with Crippen LogP contribution < -0.4 is 0 Å². The summed E-state index contributed by atoms with van der Waals surface area (Å²) < 4.78 is 2.12. The molecule has 1 aliphatic heterocycles. The van der Waals surface area contributed by atoms with Crippen LogP contribution in [0.15, 0.2) is 35.5 Å². The molecule has 1 atom stereocenters. The maximum atomic E-state index is 11.9. The second-order valence-electron chi connectivity index (χ2n) is 6.42. The normalized spacial score (nSPS) is 16.8. The minimum Gasteiger partial charge on any atom is -0.384 e. The number of thioether (sulfide) groups is 1. The third kappa shape index (κ3) is 4.04. The van der Waals surface area contributed by atoms with E-state index in [4.69, 9.17) is 0 Å². The molecule has 0 unspecified atom stereocenters. The van der Waals surface area contributed by atoms with Gasteiger partial charge in [-0.25, -0.2) is 0 Å². The molecule has 1 fully saturated rings. The van der Waals surface area contributed by atoms with Gasteiger partial charge >= 0.3 is 0 Å². The van der Waals surface area contributed by atoms with Gasteiger partial charge in [-0.05, 0) is 44.1 Å². The van der Waals surface area contributed by atoms with Gasteiger partial charge < -0.3 is 10.0 Å². The van der Waals surface area contributed by atoms with Crippen LogP contribution in [0.4, 0.5) is 0 Å². The molecule has 0 saturated carbocycles. The van der Waals surface area contributed by atoms with Gasteiger partial charge in [0.05, 0.1) is 0 Å². The Balaban J connectivity index is 1.71. The molecule has 1 aliphatic rings. The average Bonchev–Trinajstić information content (AvgIpc) is 3.05. The quantitative estimate of drug-likeness (QED) is 0.828. The molecule has 134 valence electrons. The SMILES string of the molecule is CSc1nnc(CC2CCN(C(=O)[C@H](C)O)CC2)n1-c1ccccc1. The predicted molar refractivity (Wildman–Crippen MR) is 97.8 cm³/mol. The maximum absolute atomic E-state index is 11.9. The van der Waals surface area contributed by atoms with Crippen LogP contribution in [0.1, 0.15) is 25.6 Å². The molecule has 2 heterocycles. The van der Waals surface area contributed by atoms with Gasteiger partial charge in [0.2, 0.25) is 0 Å². The number of nitrogens with zero attached hydrogens (tertiary/aromatic N) is 4. The van der Waals surface area contributed by atoms with Gasteiger partial charge in [-0.1, -0.05) is 30.0 Å². The van der Waals surface area contributed by atoms with Gasteiger partial charge in [0.1, 0.15) is 11.9 Å². The predicted octanol–water partition coefficient (Wildman–Crippen LogP) is 2.15. The Kier molecular flexibility index (Phi) is 5.75. The summed E-state index contributed by atoms with van der Waals surface area (Å²) in [6.45, 7) is 2.92. The van der Waals surface area contributed by atoms with Crippen LogP contribution in [-0.2, 0) is 11.2 Å². The van der Waals surface area contributed by atoms with E-state index in [1.807, 2.05) is 24.5 Å². The maximum Gasteiger partial charge on any atom is 0.251 e. The molecule has 3 rings (SSSR count). The molecule has 2 aromatic rings. The summed E-state index contributed by atoms with van der Waals surface area (Å²) in [6, 6.07) is 10.2. The van der Waals surface area contributed by atoms with E-state index in [0.717, 1.165) is 35.9 Å². The van der Waals surface area contributed by atoms with E-state index in [2.05, 4.69) is 26.9 Å². The summed E-state index contributed by atoms with van der Waals surface area (Å²) in [5.74, 6) is 1.27. The van der Waals surface area contributed by atoms with E-state index in [9.17, 15) is 9.90 Å². The number of aliphatic hydroxyl groups is 1. The van der Waals surface area contributed by atoms with E-state index < -0.39 is 6.10 Å². The molecule has 1 N–H and O–H groups in total. The summed E-state index contributed by atoms with van der Waals surface area (Å²) in [5.41, 5.74) is 1.08. The first kappa shape index (κ1) is 17.9. The molecule has 6 nitrogen and oxygen atoms in total. The molecule has 7 heteroatoms. The number of benzene rings is 1. The molecule has 1 aromatic carbocycles. The van der Waals surface area contributed by atoms with Crippen LogP contribution >= 0.6 is 11.8 Å². The third-order valence-corrected chi connectivity index (χ3v) is 5.28. The number of rotatable bonds is 5. The van der Waals surface area contributed by atoms with Gasteiger partial charge in [-0.2, -0.15) is 0 Å². The first-order chi connectivity index (χ1) is 12.1. The van der Waals surface area contributed by atoms with Crippen LogP contribution in [0.25, 0.3) is 5.69 Å². The zero-order valence-corrected chi connectivity index (χ0v) is 15.4. The molecule has 0 bridgehead atoms. The van der Waals surface area contributed by atoms with Crippen LogP contribution in [0, 0.1) is 5.92 Å². The highest BCUT2D eigenvalue weighted by molar-refractivity contribution is 7.98. The minimum absolute atomic E-state index is 0.171. The highest BCUT2D eigenvalue weighted by Crippen LogP contribution is 2.25. The van der Waals surface area contributed by atoms with Crippen molar-refractivity contribution in [3.05, 3.63) is 36.2 Å². The summed E-state index contributed by atoms with van der Waals surface area (Å²) >= 11 is 1.59. The standard InChI is InChI=1S/C18H24N4O2S/c1-13(23)17(24)21-10-8-14(9-11-21)12-16-19-20-18(25-2)22(16)15-6-4-3-5-7-15/h3-7,13-14,23H,8-12H2,1-2H3/t13-/m0/s1. The minimum atomic E-state index is -0.915. The first-order valence-electron chi connectivity index (χ1n) is 8.60. The number of amides is 1. The molecule has 0 radical (unpaired) electrons. The Morgan fingerprint density at radius 1 is 1.28 bits per heavy atom. The zero-order valence-electron chi connectivity index (χ0n) is 14.6. The number of likely N-dealkylation sites (tertiary alicyclic amines) is 1. The van der Waals surface area contributed by atoms with E-state index in [-0.39, 0.29) is 5.91 Å². The molecular weight excluding hydrogens is 336 g/mol.